The van der Waals surface area contributed by atoms with Gasteiger partial charge in [0.2, 0.25) is 0 Å². The first-order chi connectivity index (χ1) is 15.3. The van der Waals surface area contributed by atoms with Gasteiger partial charge >= 0.3 is 0 Å². The zero-order chi connectivity index (χ0) is 26.2. The van der Waals surface area contributed by atoms with Gasteiger partial charge in [0.15, 0.2) is 9.84 Å². The molecule has 2 rings (SSSR count). The summed E-state index contributed by atoms with van der Waals surface area (Å²) in [5.74, 6) is 0.735. The summed E-state index contributed by atoms with van der Waals surface area (Å²) in [6.45, 7) is 23.6. The number of sulfone groups is 1. The van der Waals surface area contributed by atoms with E-state index in [9.17, 15) is 8.42 Å². The molecule has 2 aromatic carbocycles. The number of hydrogen-bond acceptors (Lipinski definition) is 2. The predicted octanol–water partition coefficient (Wildman–Crippen LogP) is 8.88. The Balaban J connectivity index is 2.53. The van der Waals surface area contributed by atoms with Gasteiger partial charge in [-0.2, -0.15) is 0 Å². The monoisotopic (exact) mass is 484 g/mol. The zero-order valence-electron chi connectivity index (χ0n) is 23.5. The molecule has 0 saturated carbocycles. The Labute approximate surface area is 210 Å². The molecule has 0 fully saturated rings. The van der Waals surface area contributed by atoms with E-state index in [0.29, 0.717) is 16.7 Å². The Morgan fingerprint density at radius 3 is 1.53 bits per heavy atom. The minimum absolute atomic E-state index is 0.0227. The number of benzene rings is 2. The SMILES string of the molecule is CC(C)(C)CC(c1ccc(S(C)(=O)=O)cc1)C(C)(C)C(C)(C)CC(c1ccccc1)C(C)(C)C. The highest BCUT2D eigenvalue weighted by Gasteiger charge is 2.47. The maximum absolute atomic E-state index is 12.0. The van der Waals surface area contributed by atoms with Gasteiger partial charge in [0.25, 0.3) is 0 Å². The summed E-state index contributed by atoms with van der Waals surface area (Å²) in [4.78, 5) is 0.389. The summed E-state index contributed by atoms with van der Waals surface area (Å²) < 4.78 is 24.1. The molecule has 0 aromatic heterocycles. The van der Waals surface area contributed by atoms with E-state index in [-0.39, 0.29) is 21.7 Å². The highest BCUT2D eigenvalue weighted by atomic mass is 32.2. The van der Waals surface area contributed by atoms with E-state index in [1.54, 1.807) is 12.1 Å². The maximum atomic E-state index is 12.0. The second-order valence-electron chi connectivity index (χ2n) is 13.8. The van der Waals surface area contributed by atoms with Crippen molar-refractivity contribution in [3.63, 3.8) is 0 Å². The van der Waals surface area contributed by atoms with Crippen LogP contribution in [0.3, 0.4) is 0 Å². The molecule has 3 heteroatoms. The van der Waals surface area contributed by atoms with Gasteiger partial charge in [-0.15, -0.1) is 0 Å². The van der Waals surface area contributed by atoms with E-state index < -0.39 is 9.84 Å². The quantitative estimate of drug-likeness (QED) is 0.375. The topological polar surface area (TPSA) is 34.1 Å². The van der Waals surface area contributed by atoms with Gasteiger partial charge < -0.3 is 0 Å². The minimum atomic E-state index is -3.21. The Kier molecular flexibility index (Phi) is 8.25. The lowest BCUT2D eigenvalue weighted by Crippen LogP contribution is -2.41. The molecule has 34 heavy (non-hydrogen) atoms. The Morgan fingerprint density at radius 1 is 0.647 bits per heavy atom. The van der Waals surface area contributed by atoms with Crippen LogP contribution in [0.4, 0.5) is 0 Å². The van der Waals surface area contributed by atoms with Gasteiger partial charge in [-0.3, -0.25) is 0 Å². The summed E-state index contributed by atoms with van der Waals surface area (Å²) >= 11 is 0. The molecule has 2 nitrogen and oxygen atoms in total. The van der Waals surface area contributed by atoms with Gasteiger partial charge in [0.05, 0.1) is 4.90 Å². The smallest absolute Gasteiger partial charge is 0.175 e. The number of rotatable bonds is 8. The van der Waals surface area contributed by atoms with Crippen LogP contribution in [0.15, 0.2) is 59.5 Å². The molecule has 0 N–H and O–H groups in total. The highest BCUT2D eigenvalue weighted by molar-refractivity contribution is 7.90. The zero-order valence-corrected chi connectivity index (χ0v) is 24.3. The molecule has 2 atom stereocenters. The van der Waals surface area contributed by atoms with Gasteiger partial charge in [0.1, 0.15) is 0 Å². The molecule has 0 aliphatic carbocycles. The van der Waals surface area contributed by atoms with E-state index >= 15 is 0 Å². The first-order valence-electron chi connectivity index (χ1n) is 12.6. The Morgan fingerprint density at radius 2 is 1.12 bits per heavy atom. The summed E-state index contributed by atoms with van der Waals surface area (Å²) in [6, 6.07) is 18.6. The van der Waals surface area contributed by atoms with Crippen LogP contribution in [0.25, 0.3) is 0 Å². The van der Waals surface area contributed by atoms with Crippen molar-refractivity contribution >= 4 is 9.84 Å². The van der Waals surface area contributed by atoms with Crippen LogP contribution in [0.1, 0.15) is 105 Å². The van der Waals surface area contributed by atoms with Crippen molar-refractivity contribution in [2.75, 3.05) is 6.26 Å². The molecule has 0 aliphatic rings. The van der Waals surface area contributed by atoms with E-state index in [4.69, 9.17) is 0 Å². The third-order valence-electron chi connectivity index (χ3n) is 8.10. The van der Waals surface area contributed by atoms with Crippen LogP contribution in [-0.4, -0.2) is 14.7 Å². The molecule has 0 amide bonds. The van der Waals surface area contributed by atoms with Gasteiger partial charge in [-0.1, -0.05) is 112 Å². The molecule has 0 spiro atoms. The van der Waals surface area contributed by atoms with Crippen molar-refractivity contribution in [1.82, 2.24) is 0 Å². The highest BCUT2D eigenvalue weighted by Crippen LogP contribution is 2.57. The third kappa shape index (κ3) is 6.97. The second kappa shape index (κ2) is 9.80. The van der Waals surface area contributed by atoms with Crippen LogP contribution in [-0.2, 0) is 9.84 Å². The van der Waals surface area contributed by atoms with E-state index in [0.717, 1.165) is 12.8 Å². The van der Waals surface area contributed by atoms with E-state index in [2.05, 4.69) is 99.6 Å². The lowest BCUT2D eigenvalue weighted by molar-refractivity contribution is 0.0305. The summed E-state index contributed by atoms with van der Waals surface area (Å²) in [5.41, 5.74) is 2.94. The normalized spacial score (nSPS) is 15.7. The standard InChI is InChI=1S/C31H48O2S/c1-28(2,3)21-27(24-17-19-25(20-18-24)34(11,32)33)31(9,10)30(7,8)22-26(29(4,5)6)23-15-13-12-14-16-23/h12-20,26-27H,21-22H2,1-11H3. The maximum Gasteiger partial charge on any atom is 0.175 e. The number of hydrogen-bond donors (Lipinski definition) is 0. The average molecular weight is 485 g/mol. The predicted molar refractivity (Wildman–Crippen MR) is 147 cm³/mol. The van der Waals surface area contributed by atoms with Crippen molar-refractivity contribution in [1.29, 1.82) is 0 Å². The minimum Gasteiger partial charge on any atom is -0.224 e. The fourth-order valence-electron chi connectivity index (χ4n) is 5.20. The largest absolute Gasteiger partial charge is 0.224 e. The molecule has 0 aliphatic heterocycles. The van der Waals surface area contributed by atoms with Gasteiger partial charge in [-0.25, -0.2) is 8.42 Å². The van der Waals surface area contributed by atoms with Crippen molar-refractivity contribution in [3.05, 3.63) is 65.7 Å². The summed E-state index contributed by atoms with van der Waals surface area (Å²) in [6.07, 6.45) is 3.39. The summed E-state index contributed by atoms with van der Waals surface area (Å²) in [7, 11) is -3.21. The molecule has 0 bridgehead atoms. The van der Waals surface area contributed by atoms with Crippen LogP contribution in [0, 0.1) is 21.7 Å². The van der Waals surface area contributed by atoms with Gasteiger partial charge in [-0.05, 0) is 69.6 Å². The van der Waals surface area contributed by atoms with E-state index in [1.807, 2.05) is 12.1 Å². The fourth-order valence-corrected chi connectivity index (χ4v) is 5.83. The summed E-state index contributed by atoms with van der Waals surface area (Å²) in [5, 5.41) is 0. The first kappa shape index (κ1) is 28.6. The van der Waals surface area contributed by atoms with Crippen molar-refractivity contribution in [2.45, 2.75) is 98.8 Å². The molecule has 0 radical (unpaired) electrons. The fraction of sp³-hybridized carbons (Fsp3) is 0.613. The molecule has 0 saturated heterocycles. The van der Waals surface area contributed by atoms with Crippen molar-refractivity contribution < 1.29 is 8.42 Å². The van der Waals surface area contributed by atoms with Crippen LogP contribution < -0.4 is 0 Å². The molecule has 0 heterocycles. The Bertz CT molecular complexity index is 1030. The van der Waals surface area contributed by atoms with Crippen molar-refractivity contribution in [2.24, 2.45) is 21.7 Å². The first-order valence-corrected chi connectivity index (χ1v) is 14.5. The van der Waals surface area contributed by atoms with Crippen LogP contribution in [0.2, 0.25) is 0 Å². The Hall–Kier alpha value is -1.61. The third-order valence-corrected chi connectivity index (χ3v) is 9.23. The van der Waals surface area contributed by atoms with E-state index in [1.165, 1.54) is 17.4 Å². The molecular formula is C31H48O2S. The van der Waals surface area contributed by atoms with Gasteiger partial charge in [0, 0.05) is 6.26 Å². The lowest BCUT2D eigenvalue weighted by Gasteiger charge is -2.51. The molecule has 2 aromatic rings. The molecule has 190 valence electrons. The second-order valence-corrected chi connectivity index (χ2v) is 15.8. The average Bonchev–Trinajstić information content (AvgIpc) is 2.69. The molecular weight excluding hydrogens is 436 g/mol. The van der Waals surface area contributed by atoms with Crippen LogP contribution in [0.5, 0.6) is 0 Å². The lowest BCUT2D eigenvalue weighted by atomic mass is 9.53. The van der Waals surface area contributed by atoms with Crippen LogP contribution >= 0.6 is 0 Å². The molecule has 2 unspecified atom stereocenters. The van der Waals surface area contributed by atoms with Crippen molar-refractivity contribution in [3.8, 4) is 0 Å².